The van der Waals surface area contributed by atoms with E-state index in [-0.39, 0.29) is 23.7 Å². The van der Waals surface area contributed by atoms with Crippen molar-refractivity contribution in [1.29, 1.82) is 0 Å². The summed E-state index contributed by atoms with van der Waals surface area (Å²) in [5.41, 5.74) is 0.800. The number of rotatable bonds is 5. The molecule has 1 saturated carbocycles. The van der Waals surface area contributed by atoms with Gasteiger partial charge in [-0.25, -0.2) is 0 Å². The molecule has 0 aromatic heterocycles. The molecule has 2 amide bonds. The van der Waals surface area contributed by atoms with Gasteiger partial charge in [0.2, 0.25) is 5.91 Å². The molecule has 3 fully saturated rings. The van der Waals surface area contributed by atoms with E-state index in [0.717, 1.165) is 24.8 Å². The molecule has 1 unspecified atom stereocenters. The number of carbonyl (C=O) groups excluding carboxylic acids is 2. The van der Waals surface area contributed by atoms with Gasteiger partial charge in [0.25, 0.3) is 5.91 Å². The number of nitrogens with zero attached hydrogens (tertiary/aromatic N) is 2. The monoisotopic (exact) mass is 385 g/mol. The lowest BCUT2D eigenvalue weighted by Gasteiger charge is -2.31. The van der Waals surface area contributed by atoms with Crippen molar-refractivity contribution in [3.63, 3.8) is 0 Å². The first kappa shape index (κ1) is 18.9. The van der Waals surface area contributed by atoms with Crippen LogP contribution in [-0.2, 0) is 16.1 Å². The number of carbonyl (C=O) groups is 3. The van der Waals surface area contributed by atoms with Gasteiger partial charge < -0.3 is 15.3 Å². The van der Waals surface area contributed by atoms with Gasteiger partial charge in [0.15, 0.2) is 0 Å². The summed E-state index contributed by atoms with van der Waals surface area (Å²) >= 11 is 0. The molecule has 0 spiro atoms. The van der Waals surface area contributed by atoms with Crippen LogP contribution in [0.4, 0.5) is 0 Å². The maximum absolute atomic E-state index is 12.6. The Labute approximate surface area is 164 Å². The van der Waals surface area contributed by atoms with Gasteiger partial charge in [-0.05, 0) is 30.5 Å². The van der Waals surface area contributed by atoms with Gasteiger partial charge in [-0.3, -0.25) is 19.3 Å². The molecule has 2 aliphatic heterocycles. The minimum atomic E-state index is -0.860. The average molecular weight is 385 g/mol. The Morgan fingerprint density at radius 3 is 2.39 bits per heavy atom. The zero-order valence-corrected chi connectivity index (χ0v) is 16.2. The third-order valence-corrected chi connectivity index (χ3v) is 6.72. The van der Waals surface area contributed by atoms with Crippen LogP contribution < -0.4 is 5.32 Å². The highest BCUT2D eigenvalue weighted by atomic mass is 16.4. The van der Waals surface area contributed by atoms with Gasteiger partial charge in [-0.1, -0.05) is 18.6 Å². The average Bonchev–Trinajstić information content (AvgIpc) is 3.15. The highest BCUT2D eigenvalue weighted by Crippen LogP contribution is 2.44. The molecule has 28 heavy (non-hydrogen) atoms. The van der Waals surface area contributed by atoms with Crippen molar-refractivity contribution in [2.45, 2.75) is 25.8 Å². The molecule has 7 heteroatoms. The molecule has 2 saturated heterocycles. The lowest BCUT2D eigenvalue weighted by Crippen LogP contribution is -2.44. The number of fused-ring (bicyclic) bond motifs is 1. The van der Waals surface area contributed by atoms with Crippen LogP contribution in [0.5, 0.6) is 0 Å². The van der Waals surface area contributed by atoms with Crippen molar-refractivity contribution in [1.82, 2.24) is 15.1 Å². The second-order valence-electron chi connectivity index (χ2n) is 8.45. The first-order valence-corrected chi connectivity index (χ1v) is 9.98. The fourth-order valence-electron chi connectivity index (χ4n) is 4.84. The van der Waals surface area contributed by atoms with Crippen molar-refractivity contribution in [3.05, 3.63) is 35.4 Å². The van der Waals surface area contributed by atoms with Crippen molar-refractivity contribution < 1.29 is 19.5 Å². The standard InChI is InChI=1S/C21H27N3O4/c1-22-18(25)15-7-5-14(6-8-15)9-23-10-17-11-24(19(26)16-3-2-4-16)13-21(17,12-23)20(27)28/h5-8,16-17H,2-4,9-13H2,1H3,(H,22,25)(H,27,28)/t17?,21-/m0/s1. The largest absolute Gasteiger partial charge is 0.481 e. The Balaban J connectivity index is 1.42. The van der Waals surface area contributed by atoms with E-state index >= 15 is 0 Å². The van der Waals surface area contributed by atoms with E-state index in [1.807, 2.05) is 12.1 Å². The number of amides is 2. The van der Waals surface area contributed by atoms with Gasteiger partial charge in [-0.15, -0.1) is 0 Å². The van der Waals surface area contributed by atoms with Crippen LogP contribution in [0.2, 0.25) is 0 Å². The molecule has 3 aliphatic rings. The summed E-state index contributed by atoms with van der Waals surface area (Å²) < 4.78 is 0. The second kappa shape index (κ2) is 7.20. The number of carboxylic acid groups (broad SMARTS) is 1. The van der Waals surface area contributed by atoms with E-state index in [1.54, 1.807) is 24.1 Å². The van der Waals surface area contributed by atoms with E-state index in [9.17, 15) is 19.5 Å². The summed E-state index contributed by atoms with van der Waals surface area (Å²) in [6.07, 6.45) is 2.99. The Morgan fingerprint density at radius 2 is 1.86 bits per heavy atom. The Hall–Kier alpha value is -2.41. The fourth-order valence-corrected chi connectivity index (χ4v) is 4.84. The molecule has 0 bridgehead atoms. The second-order valence-corrected chi connectivity index (χ2v) is 8.45. The highest BCUT2D eigenvalue weighted by Gasteiger charge is 2.58. The molecule has 2 atom stereocenters. The van der Waals surface area contributed by atoms with Crippen LogP contribution >= 0.6 is 0 Å². The molecule has 1 aromatic carbocycles. The van der Waals surface area contributed by atoms with E-state index in [4.69, 9.17) is 0 Å². The van der Waals surface area contributed by atoms with E-state index in [2.05, 4.69) is 10.2 Å². The molecular weight excluding hydrogens is 358 g/mol. The molecule has 7 nitrogen and oxygen atoms in total. The molecule has 2 N–H and O–H groups in total. The molecule has 1 aromatic rings. The quantitative estimate of drug-likeness (QED) is 0.795. The van der Waals surface area contributed by atoms with Crippen LogP contribution in [0, 0.1) is 17.3 Å². The normalized spacial score (nSPS) is 27.3. The first-order chi connectivity index (χ1) is 13.4. The molecule has 4 rings (SSSR count). The predicted octanol–water partition coefficient (Wildman–Crippen LogP) is 1.19. The number of aliphatic carboxylic acids is 1. The van der Waals surface area contributed by atoms with Crippen molar-refractivity contribution >= 4 is 17.8 Å². The number of carboxylic acids is 1. The highest BCUT2D eigenvalue weighted by molar-refractivity contribution is 5.93. The zero-order valence-electron chi connectivity index (χ0n) is 16.2. The third-order valence-electron chi connectivity index (χ3n) is 6.72. The van der Waals surface area contributed by atoms with Gasteiger partial charge in [0.05, 0.1) is 0 Å². The predicted molar refractivity (Wildman–Crippen MR) is 103 cm³/mol. The summed E-state index contributed by atoms with van der Waals surface area (Å²) in [6, 6.07) is 7.41. The SMILES string of the molecule is CNC(=O)c1ccc(CN2CC3CN(C(=O)C4CCC4)C[C@@]3(C(=O)O)C2)cc1. The summed E-state index contributed by atoms with van der Waals surface area (Å²) in [7, 11) is 1.60. The lowest BCUT2D eigenvalue weighted by atomic mass is 9.81. The van der Waals surface area contributed by atoms with Crippen molar-refractivity contribution in [2.24, 2.45) is 17.3 Å². The number of likely N-dealkylation sites (tertiary alicyclic amines) is 2. The Bertz CT molecular complexity index is 789. The minimum Gasteiger partial charge on any atom is -0.481 e. The summed E-state index contributed by atoms with van der Waals surface area (Å²) in [4.78, 5) is 40.4. The molecular formula is C21H27N3O4. The van der Waals surface area contributed by atoms with E-state index in [1.165, 1.54) is 0 Å². The fraction of sp³-hybridized carbons (Fsp3) is 0.571. The van der Waals surface area contributed by atoms with Gasteiger partial charge in [-0.2, -0.15) is 0 Å². The third kappa shape index (κ3) is 3.17. The maximum Gasteiger partial charge on any atom is 0.313 e. The minimum absolute atomic E-state index is 0.0285. The zero-order chi connectivity index (χ0) is 19.9. The summed E-state index contributed by atoms with van der Waals surface area (Å²) in [6.45, 7) is 2.66. The van der Waals surface area contributed by atoms with Crippen molar-refractivity contribution in [2.75, 3.05) is 33.2 Å². The number of benzene rings is 1. The Kier molecular flexibility index (Phi) is 4.87. The van der Waals surface area contributed by atoms with Gasteiger partial charge >= 0.3 is 5.97 Å². The molecule has 150 valence electrons. The molecule has 0 radical (unpaired) electrons. The van der Waals surface area contributed by atoms with Crippen LogP contribution in [-0.4, -0.2) is 65.9 Å². The Morgan fingerprint density at radius 1 is 1.14 bits per heavy atom. The van der Waals surface area contributed by atoms with Crippen LogP contribution in [0.25, 0.3) is 0 Å². The van der Waals surface area contributed by atoms with Crippen LogP contribution in [0.1, 0.15) is 35.2 Å². The van der Waals surface area contributed by atoms with Crippen LogP contribution in [0.15, 0.2) is 24.3 Å². The summed E-state index contributed by atoms with van der Waals surface area (Å²) in [5.74, 6) is -0.682. The maximum atomic E-state index is 12.6. The van der Waals surface area contributed by atoms with Crippen molar-refractivity contribution in [3.8, 4) is 0 Å². The molecule has 1 aliphatic carbocycles. The van der Waals surface area contributed by atoms with E-state index in [0.29, 0.717) is 38.3 Å². The topological polar surface area (TPSA) is 90.0 Å². The number of hydrogen-bond acceptors (Lipinski definition) is 4. The number of hydrogen-bond donors (Lipinski definition) is 2. The smallest absolute Gasteiger partial charge is 0.313 e. The van der Waals surface area contributed by atoms with Crippen LogP contribution in [0.3, 0.4) is 0 Å². The lowest BCUT2D eigenvalue weighted by molar-refractivity contribution is -0.149. The summed E-state index contributed by atoms with van der Waals surface area (Å²) in [5, 5.41) is 12.6. The van der Waals surface area contributed by atoms with Gasteiger partial charge in [0.1, 0.15) is 5.41 Å². The molecule has 2 heterocycles. The number of nitrogens with one attached hydrogen (secondary N) is 1. The van der Waals surface area contributed by atoms with E-state index < -0.39 is 11.4 Å². The first-order valence-electron chi connectivity index (χ1n) is 9.98. The van der Waals surface area contributed by atoms with Gasteiger partial charge in [0, 0.05) is 57.2 Å².